The van der Waals surface area contributed by atoms with Gasteiger partial charge in [-0.2, -0.15) is 0 Å². The first-order chi connectivity index (χ1) is 9.11. The van der Waals surface area contributed by atoms with Crippen LogP contribution in [0.25, 0.3) is 0 Å². The normalized spacial score (nSPS) is 31.6. The largest absolute Gasteiger partial charge is 0.397 e. The van der Waals surface area contributed by atoms with Gasteiger partial charge in [-0.05, 0) is 75.2 Å². The highest BCUT2D eigenvalue weighted by molar-refractivity contribution is 6.44. The molecule has 2 bridgehead atoms. The van der Waals surface area contributed by atoms with E-state index in [2.05, 4.69) is 27.7 Å². The second-order valence-electron chi connectivity index (χ2n) is 6.94. The van der Waals surface area contributed by atoms with E-state index in [4.69, 9.17) is 8.85 Å². The lowest BCUT2D eigenvalue weighted by atomic mass is 9.69. The Balaban J connectivity index is 2.03. The summed E-state index contributed by atoms with van der Waals surface area (Å²) in [5.74, 6) is 2.64. The molecule has 2 nitrogen and oxygen atoms in total. The second-order valence-corrected chi connectivity index (χ2v) is 8.93. The smallest absolute Gasteiger partial charge is 0.321 e. The Morgan fingerprint density at radius 2 is 1.68 bits per heavy atom. The first-order valence-corrected chi connectivity index (χ1v) is 10.1. The summed E-state index contributed by atoms with van der Waals surface area (Å²) in [5.41, 5.74) is 0.651. The van der Waals surface area contributed by atoms with E-state index in [1.165, 1.54) is 38.1 Å². The molecule has 0 aromatic carbocycles. The molecule has 3 heteroatoms. The van der Waals surface area contributed by atoms with Gasteiger partial charge >= 0.3 is 9.28 Å². The predicted molar refractivity (Wildman–Crippen MR) is 82.5 cm³/mol. The molecular formula is C16H32O2Si. The molecule has 0 aromatic rings. The first kappa shape index (κ1) is 15.5. The van der Waals surface area contributed by atoms with Gasteiger partial charge in [0.05, 0.1) is 0 Å². The van der Waals surface area contributed by atoms with E-state index in [1.54, 1.807) is 0 Å². The van der Waals surface area contributed by atoms with E-state index >= 15 is 0 Å². The maximum Gasteiger partial charge on any atom is 0.321 e. The van der Waals surface area contributed by atoms with E-state index in [0.29, 0.717) is 5.41 Å². The molecule has 0 N–H and O–H groups in total. The summed E-state index contributed by atoms with van der Waals surface area (Å²) in [6.07, 6.45) is 7.41. The molecule has 1 atom stereocenters. The van der Waals surface area contributed by atoms with Crippen LogP contribution < -0.4 is 0 Å². The minimum absolute atomic E-state index is 0.651. The topological polar surface area (TPSA) is 18.5 Å². The SMILES string of the molecule is CCO[SiH](CC(C(C)C)C12CCC(CC1)C2)OCC. The molecule has 19 heavy (non-hydrogen) atoms. The van der Waals surface area contributed by atoms with Gasteiger partial charge in [-0.1, -0.05) is 13.8 Å². The van der Waals surface area contributed by atoms with Gasteiger partial charge in [-0.3, -0.25) is 0 Å². The molecule has 2 fully saturated rings. The van der Waals surface area contributed by atoms with Crippen LogP contribution in [0.15, 0.2) is 0 Å². The molecule has 2 aliphatic rings. The summed E-state index contributed by atoms with van der Waals surface area (Å²) >= 11 is 0. The molecule has 0 saturated heterocycles. The lowest BCUT2D eigenvalue weighted by Gasteiger charge is -2.40. The zero-order valence-corrected chi connectivity index (χ0v) is 14.4. The molecule has 1 unspecified atom stereocenters. The van der Waals surface area contributed by atoms with Crippen LogP contribution in [-0.4, -0.2) is 22.5 Å². The monoisotopic (exact) mass is 284 g/mol. The van der Waals surface area contributed by atoms with Crippen molar-refractivity contribution in [2.24, 2.45) is 23.2 Å². The number of hydrogen-bond donors (Lipinski definition) is 0. The third-order valence-corrected chi connectivity index (χ3v) is 7.84. The van der Waals surface area contributed by atoms with Crippen molar-refractivity contribution in [2.45, 2.75) is 65.8 Å². The summed E-state index contributed by atoms with van der Waals surface area (Å²) in [5, 5.41) is 0. The van der Waals surface area contributed by atoms with Crippen LogP contribution in [0.5, 0.6) is 0 Å². The van der Waals surface area contributed by atoms with Gasteiger partial charge in [0, 0.05) is 13.2 Å². The Bertz CT molecular complexity index is 266. The molecule has 0 amide bonds. The lowest BCUT2D eigenvalue weighted by molar-refractivity contribution is 0.119. The van der Waals surface area contributed by atoms with Gasteiger partial charge < -0.3 is 8.85 Å². The van der Waals surface area contributed by atoms with Crippen molar-refractivity contribution in [2.75, 3.05) is 13.2 Å². The van der Waals surface area contributed by atoms with Gasteiger partial charge in [-0.15, -0.1) is 0 Å². The zero-order chi connectivity index (χ0) is 13.9. The quantitative estimate of drug-likeness (QED) is 0.624. The van der Waals surface area contributed by atoms with Gasteiger partial charge in [0.2, 0.25) is 0 Å². The fraction of sp³-hybridized carbons (Fsp3) is 1.00. The van der Waals surface area contributed by atoms with Gasteiger partial charge in [0.25, 0.3) is 0 Å². The van der Waals surface area contributed by atoms with Gasteiger partial charge in [0.1, 0.15) is 0 Å². The van der Waals surface area contributed by atoms with E-state index in [1.807, 2.05) is 0 Å². The van der Waals surface area contributed by atoms with Crippen molar-refractivity contribution in [3.8, 4) is 0 Å². The van der Waals surface area contributed by atoms with Crippen LogP contribution in [0.2, 0.25) is 6.04 Å². The Hall–Kier alpha value is 0.137. The van der Waals surface area contributed by atoms with Crippen LogP contribution in [-0.2, 0) is 8.85 Å². The molecular weight excluding hydrogens is 252 g/mol. The average molecular weight is 285 g/mol. The molecule has 0 heterocycles. The Labute approximate surface area is 121 Å². The molecule has 112 valence electrons. The van der Waals surface area contributed by atoms with E-state index < -0.39 is 9.28 Å². The summed E-state index contributed by atoms with van der Waals surface area (Å²) in [6.45, 7) is 10.7. The molecule has 2 rings (SSSR count). The van der Waals surface area contributed by atoms with Crippen LogP contribution >= 0.6 is 0 Å². The predicted octanol–water partition coefficient (Wildman–Crippen LogP) is 4.13. The maximum absolute atomic E-state index is 5.94. The van der Waals surface area contributed by atoms with Crippen molar-refractivity contribution in [1.82, 2.24) is 0 Å². The number of rotatable bonds is 8. The zero-order valence-electron chi connectivity index (χ0n) is 13.3. The van der Waals surface area contributed by atoms with Crippen molar-refractivity contribution in [3.05, 3.63) is 0 Å². The first-order valence-electron chi connectivity index (χ1n) is 8.34. The minimum atomic E-state index is -1.44. The standard InChI is InChI=1S/C16H32O2Si/c1-5-17-19(18-6-2)12-15(13(3)4)16-9-7-14(11-16)8-10-16/h13-15,19H,5-12H2,1-4H3. The van der Waals surface area contributed by atoms with Crippen LogP contribution in [0, 0.1) is 23.2 Å². The van der Waals surface area contributed by atoms with Gasteiger partial charge in [0.15, 0.2) is 0 Å². The summed E-state index contributed by atoms with van der Waals surface area (Å²) in [6, 6.07) is 1.23. The van der Waals surface area contributed by atoms with Crippen LogP contribution in [0.1, 0.15) is 59.8 Å². The molecule has 0 spiro atoms. The molecule has 0 aromatic heterocycles. The lowest BCUT2D eigenvalue weighted by Crippen LogP contribution is -2.36. The van der Waals surface area contributed by atoms with Crippen LogP contribution in [0.3, 0.4) is 0 Å². The molecule has 0 radical (unpaired) electrons. The fourth-order valence-corrected chi connectivity index (χ4v) is 7.32. The van der Waals surface area contributed by atoms with E-state index in [-0.39, 0.29) is 0 Å². The molecule has 0 aliphatic heterocycles. The molecule has 2 aliphatic carbocycles. The third kappa shape index (κ3) is 3.42. The van der Waals surface area contributed by atoms with Gasteiger partial charge in [-0.25, -0.2) is 0 Å². The van der Waals surface area contributed by atoms with Crippen molar-refractivity contribution < 1.29 is 8.85 Å². The fourth-order valence-electron chi connectivity index (χ4n) is 4.75. The van der Waals surface area contributed by atoms with Crippen LogP contribution in [0.4, 0.5) is 0 Å². The number of hydrogen-bond acceptors (Lipinski definition) is 2. The highest BCUT2D eigenvalue weighted by Crippen LogP contribution is 2.60. The highest BCUT2D eigenvalue weighted by atomic mass is 28.3. The summed E-state index contributed by atoms with van der Waals surface area (Å²) in [7, 11) is -1.44. The number of fused-ring (bicyclic) bond motifs is 2. The van der Waals surface area contributed by atoms with E-state index in [0.717, 1.165) is 31.0 Å². The maximum atomic E-state index is 5.94. The van der Waals surface area contributed by atoms with E-state index in [9.17, 15) is 0 Å². The average Bonchev–Trinajstić information content (AvgIpc) is 2.97. The van der Waals surface area contributed by atoms with Crippen molar-refractivity contribution in [3.63, 3.8) is 0 Å². The van der Waals surface area contributed by atoms with Crippen molar-refractivity contribution in [1.29, 1.82) is 0 Å². The van der Waals surface area contributed by atoms with Crippen molar-refractivity contribution >= 4 is 9.28 Å². The molecule has 2 saturated carbocycles. The Morgan fingerprint density at radius 3 is 2.05 bits per heavy atom. The third-order valence-electron chi connectivity index (χ3n) is 5.54. The Kier molecular flexibility index (Phi) is 5.50. The second kappa shape index (κ2) is 6.73. The minimum Gasteiger partial charge on any atom is -0.397 e. The highest BCUT2D eigenvalue weighted by Gasteiger charge is 2.50. The Morgan fingerprint density at radius 1 is 1.11 bits per heavy atom. The summed E-state index contributed by atoms with van der Waals surface area (Å²) < 4.78 is 11.9. The summed E-state index contributed by atoms with van der Waals surface area (Å²) in [4.78, 5) is 0.